The monoisotopic (exact) mass is 284 g/mol. The standard InChI is InChI=1S/C14H21ClN2O2/c1-10-12(15)9-11(13(18)14(10)19-2)3-6-17-7-4-16-5-8-17/h9,16,18H,3-8H2,1-2H3. The molecule has 0 spiro atoms. The minimum atomic E-state index is 0.222. The van der Waals surface area contributed by atoms with Gasteiger partial charge in [-0.3, -0.25) is 0 Å². The van der Waals surface area contributed by atoms with E-state index in [-0.39, 0.29) is 5.75 Å². The molecule has 0 unspecified atom stereocenters. The van der Waals surface area contributed by atoms with E-state index >= 15 is 0 Å². The molecule has 1 aliphatic rings. The van der Waals surface area contributed by atoms with E-state index in [2.05, 4.69) is 10.2 Å². The quantitative estimate of drug-likeness (QED) is 0.885. The summed E-state index contributed by atoms with van der Waals surface area (Å²) in [6.07, 6.45) is 0.780. The Bertz CT molecular complexity index is 446. The predicted octanol–water partition coefficient (Wildman–Crippen LogP) is 1.81. The minimum Gasteiger partial charge on any atom is -0.504 e. The molecule has 0 aromatic heterocycles. The molecule has 0 atom stereocenters. The van der Waals surface area contributed by atoms with Gasteiger partial charge in [-0.25, -0.2) is 0 Å². The van der Waals surface area contributed by atoms with Gasteiger partial charge >= 0.3 is 0 Å². The van der Waals surface area contributed by atoms with Crippen molar-refractivity contribution in [2.45, 2.75) is 13.3 Å². The number of piperazine rings is 1. The van der Waals surface area contributed by atoms with Gasteiger partial charge in [0.25, 0.3) is 0 Å². The van der Waals surface area contributed by atoms with Crippen LogP contribution in [0.4, 0.5) is 0 Å². The fourth-order valence-corrected chi connectivity index (χ4v) is 2.63. The van der Waals surface area contributed by atoms with Crippen LogP contribution < -0.4 is 10.1 Å². The van der Waals surface area contributed by atoms with Crippen LogP contribution in [0.1, 0.15) is 11.1 Å². The zero-order valence-corrected chi connectivity index (χ0v) is 12.3. The molecular formula is C14H21ClN2O2. The first kappa shape index (κ1) is 14.4. The van der Waals surface area contributed by atoms with E-state index in [1.165, 1.54) is 0 Å². The molecule has 2 rings (SSSR count). The minimum absolute atomic E-state index is 0.222. The van der Waals surface area contributed by atoms with Crippen molar-refractivity contribution < 1.29 is 9.84 Å². The highest BCUT2D eigenvalue weighted by atomic mass is 35.5. The van der Waals surface area contributed by atoms with Crippen LogP contribution in [-0.2, 0) is 6.42 Å². The van der Waals surface area contributed by atoms with Gasteiger partial charge in [0.1, 0.15) is 0 Å². The summed E-state index contributed by atoms with van der Waals surface area (Å²) >= 11 is 6.18. The Morgan fingerprint density at radius 1 is 1.42 bits per heavy atom. The number of hydrogen-bond donors (Lipinski definition) is 2. The molecule has 0 saturated carbocycles. The van der Waals surface area contributed by atoms with Crippen LogP contribution in [0.25, 0.3) is 0 Å². The lowest BCUT2D eigenvalue weighted by atomic mass is 10.1. The molecule has 1 saturated heterocycles. The van der Waals surface area contributed by atoms with Crippen molar-refractivity contribution in [1.82, 2.24) is 10.2 Å². The number of halogens is 1. The van der Waals surface area contributed by atoms with Crippen LogP contribution in [0.15, 0.2) is 6.07 Å². The summed E-state index contributed by atoms with van der Waals surface area (Å²) in [7, 11) is 1.55. The number of ether oxygens (including phenoxy) is 1. The van der Waals surface area contributed by atoms with Gasteiger partial charge in [0, 0.05) is 48.9 Å². The van der Waals surface area contributed by atoms with Crippen LogP contribution in [-0.4, -0.2) is 49.8 Å². The van der Waals surface area contributed by atoms with E-state index in [1.807, 2.05) is 13.0 Å². The van der Waals surface area contributed by atoms with E-state index in [1.54, 1.807) is 7.11 Å². The van der Waals surface area contributed by atoms with Crippen molar-refractivity contribution >= 4 is 11.6 Å². The molecule has 0 radical (unpaired) electrons. The molecule has 1 aliphatic heterocycles. The maximum absolute atomic E-state index is 10.2. The average molecular weight is 285 g/mol. The van der Waals surface area contributed by atoms with Gasteiger partial charge in [-0.15, -0.1) is 0 Å². The summed E-state index contributed by atoms with van der Waals surface area (Å²) in [4.78, 5) is 2.39. The predicted molar refractivity (Wildman–Crippen MR) is 77.4 cm³/mol. The molecule has 2 N–H and O–H groups in total. The van der Waals surface area contributed by atoms with Crippen molar-refractivity contribution in [3.63, 3.8) is 0 Å². The van der Waals surface area contributed by atoms with Gasteiger partial charge < -0.3 is 20.1 Å². The van der Waals surface area contributed by atoms with Gasteiger partial charge in [0.2, 0.25) is 0 Å². The highest BCUT2D eigenvalue weighted by Gasteiger charge is 2.16. The van der Waals surface area contributed by atoms with E-state index in [0.717, 1.165) is 50.3 Å². The second kappa shape index (κ2) is 6.46. The summed E-state index contributed by atoms with van der Waals surface area (Å²) < 4.78 is 5.23. The lowest BCUT2D eigenvalue weighted by Gasteiger charge is -2.27. The Kier molecular flexibility index (Phi) is 4.91. The molecule has 0 amide bonds. The smallest absolute Gasteiger partial charge is 0.165 e. The zero-order valence-electron chi connectivity index (χ0n) is 11.5. The number of nitrogens with zero attached hydrogens (tertiary/aromatic N) is 1. The zero-order chi connectivity index (χ0) is 13.8. The Hall–Kier alpha value is -0.970. The fraction of sp³-hybridized carbons (Fsp3) is 0.571. The second-order valence-electron chi connectivity index (χ2n) is 4.87. The number of aromatic hydroxyl groups is 1. The Balaban J connectivity index is 2.09. The SMILES string of the molecule is COc1c(C)c(Cl)cc(CCN2CCNCC2)c1O. The summed E-state index contributed by atoms with van der Waals surface area (Å²) in [5.41, 5.74) is 1.64. The number of phenolic OH excluding ortho intramolecular Hbond substituents is 1. The Morgan fingerprint density at radius 3 is 2.74 bits per heavy atom. The molecule has 1 heterocycles. The molecule has 0 aliphatic carbocycles. The first-order valence-electron chi connectivity index (χ1n) is 6.61. The number of hydrogen-bond acceptors (Lipinski definition) is 4. The summed E-state index contributed by atoms with van der Waals surface area (Å²) in [5, 5.41) is 14.2. The molecule has 1 aromatic rings. The van der Waals surface area contributed by atoms with E-state index in [0.29, 0.717) is 10.8 Å². The van der Waals surface area contributed by atoms with Gasteiger partial charge in [0.05, 0.1) is 7.11 Å². The van der Waals surface area contributed by atoms with Crippen molar-refractivity contribution in [2.24, 2.45) is 0 Å². The highest BCUT2D eigenvalue weighted by Crippen LogP contribution is 2.38. The summed E-state index contributed by atoms with van der Waals surface area (Å²) in [5.74, 6) is 0.711. The molecule has 4 nitrogen and oxygen atoms in total. The molecule has 5 heteroatoms. The topological polar surface area (TPSA) is 44.7 Å². The van der Waals surface area contributed by atoms with Crippen LogP contribution in [0.3, 0.4) is 0 Å². The summed E-state index contributed by atoms with van der Waals surface area (Å²) in [6, 6.07) is 1.84. The van der Waals surface area contributed by atoms with Gasteiger partial charge in [0.15, 0.2) is 11.5 Å². The third kappa shape index (κ3) is 3.32. The van der Waals surface area contributed by atoms with Crippen LogP contribution >= 0.6 is 11.6 Å². The largest absolute Gasteiger partial charge is 0.504 e. The number of phenols is 1. The fourth-order valence-electron chi connectivity index (χ4n) is 2.42. The number of benzene rings is 1. The van der Waals surface area contributed by atoms with E-state index in [9.17, 15) is 5.11 Å². The highest BCUT2D eigenvalue weighted by molar-refractivity contribution is 6.31. The van der Waals surface area contributed by atoms with Crippen molar-refractivity contribution in [3.8, 4) is 11.5 Å². The molecule has 1 fully saturated rings. The van der Waals surface area contributed by atoms with Crippen LogP contribution in [0, 0.1) is 6.92 Å². The first-order valence-corrected chi connectivity index (χ1v) is 6.99. The average Bonchev–Trinajstić information content (AvgIpc) is 2.43. The molecule has 0 bridgehead atoms. The molecule has 1 aromatic carbocycles. The second-order valence-corrected chi connectivity index (χ2v) is 5.27. The van der Waals surface area contributed by atoms with Crippen LogP contribution in [0.2, 0.25) is 5.02 Å². The number of nitrogens with one attached hydrogen (secondary N) is 1. The third-order valence-electron chi connectivity index (χ3n) is 3.63. The van der Waals surface area contributed by atoms with Gasteiger partial charge in [-0.05, 0) is 19.4 Å². The lowest BCUT2D eigenvalue weighted by Crippen LogP contribution is -2.44. The molecule has 106 valence electrons. The van der Waals surface area contributed by atoms with Crippen LogP contribution in [0.5, 0.6) is 11.5 Å². The Morgan fingerprint density at radius 2 is 2.11 bits per heavy atom. The molecule has 19 heavy (non-hydrogen) atoms. The first-order chi connectivity index (χ1) is 9.13. The molecular weight excluding hydrogens is 264 g/mol. The maximum atomic E-state index is 10.2. The maximum Gasteiger partial charge on any atom is 0.165 e. The normalized spacial score (nSPS) is 16.6. The van der Waals surface area contributed by atoms with Crippen molar-refractivity contribution in [2.75, 3.05) is 39.8 Å². The Labute approximate surface area is 119 Å². The van der Waals surface area contributed by atoms with Gasteiger partial charge in [-0.2, -0.15) is 0 Å². The number of methoxy groups -OCH3 is 1. The van der Waals surface area contributed by atoms with Crippen molar-refractivity contribution in [3.05, 3.63) is 22.2 Å². The third-order valence-corrected chi connectivity index (χ3v) is 4.02. The van der Waals surface area contributed by atoms with E-state index in [4.69, 9.17) is 16.3 Å². The van der Waals surface area contributed by atoms with E-state index < -0.39 is 0 Å². The van der Waals surface area contributed by atoms with Gasteiger partial charge in [-0.1, -0.05) is 11.6 Å². The summed E-state index contributed by atoms with van der Waals surface area (Å²) in [6.45, 7) is 6.95. The van der Waals surface area contributed by atoms with Crippen molar-refractivity contribution in [1.29, 1.82) is 0 Å². The lowest BCUT2D eigenvalue weighted by molar-refractivity contribution is 0.243. The number of rotatable bonds is 4.